The molecular weight excluding hydrogens is 390 g/mol. The number of rotatable bonds is 2. The van der Waals surface area contributed by atoms with Crippen molar-refractivity contribution < 1.29 is 19.1 Å². The highest BCUT2D eigenvalue weighted by Crippen LogP contribution is 2.46. The van der Waals surface area contributed by atoms with E-state index >= 15 is 0 Å². The van der Waals surface area contributed by atoms with Crippen LogP contribution in [0.1, 0.15) is 73.6 Å². The van der Waals surface area contributed by atoms with Gasteiger partial charge < -0.3 is 9.64 Å². The molecule has 5 heteroatoms. The molecule has 5 nitrogen and oxygen atoms in total. The number of benzene rings is 1. The van der Waals surface area contributed by atoms with Crippen molar-refractivity contribution in [3.63, 3.8) is 0 Å². The zero-order valence-corrected chi connectivity index (χ0v) is 18.8. The molecule has 0 N–H and O–H groups in total. The maximum Gasteiger partial charge on any atom is 0.251 e. The fourth-order valence-electron chi connectivity index (χ4n) is 5.68. The number of ketones is 2. The summed E-state index contributed by atoms with van der Waals surface area (Å²) >= 11 is 0. The maximum atomic E-state index is 13.3. The van der Waals surface area contributed by atoms with Gasteiger partial charge in [0.05, 0.1) is 0 Å². The van der Waals surface area contributed by atoms with Crippen LogP contribution in [0.5, 0.6) is 0 Å². The minimum absolute atomic E-state index is 0.0238. The normalized spacial score (nSPS) is 23.7. The number of hydrogen-bond donors (Lipinski definition) is 0. The van der Waals surface area contributed by atoms with E-state index in [0.717, 1.165) is 35.1 Å². The van der Waals surface area contributed by atoms with E-state index in [-0.39, 0.29) is 29.0 Å². The van der Waals surface area contributed by atoms with Crippen LogP contribution < -0.4 is 0 Å². The first kappa shape index (κ1) is 21.8. The number of piperidine rings is 1. The van der Waals surface area contributed by atoms with Gasteiger partial charge in [-0.15, -0.1) is 5.92 Å². The molecule has 2 saturated heterocycles. The van der Waals surface area contributed by atoms with Crippen molar-refractivity contribution in [3.8, 4) is 11.8 Å². The Balaban J connectivity index is 1.48. The average Bonchev–Trinajstić information content (AvgIpc) is 3.25. The van der Waals surface area contributed by atoms with E-state index < -0.39 is 5.92 Å². The number of carbonyl (C=O) groups is 3. The summed E-state index contributed by atoms with van der Waals surface area (Å²) in [5, 5.41) is 0. The fourth-order valence-corrected chi connectivity index (χ4v) is 5.68. The first-order valence-corrected chi connectivity index (χ1v) is 11.3. The van der Waals surface area contributed by atoms with Gasteiger partial charge in [-0.2, -0.15) is 0 Å². The third-order valence-corrected chi connectivity index (χ3v) is 7.24. The molecule has 0 aromatic heterocycles. The molecule has 31 heavy (non-hydrogen) atoms. The van der Waals surface area contributed by atoms with E-state index in [1.807, 2.05) is 30.9 Å². The van der Waals surface area contributed by atoms with Crippen LogP contribution in [0.15, 0.2) is 12.1 Å². The number of nitrogens with zero attached hydrogens (tertiary/aromatic N) is 1. The highest BCUT2D eigenvalue weighted by atomic mass is 16.5. The Morgan fingerprint density at radius 3 is 2.23 bits per heavy atom. The molecular formula is C26H31NO4. The van der Waals surface area contributed by atoms with E-state index in [1.54, 1.807) is 6.92 Å². The topological polar surface area (TPSA) is 63.7 Å². The molecule has 1 aromatic carbocycles. The SMILES string of the molecule is CC#Cc1cc(C)c(C2C(=O)CC3(CCN(C(=O)C4CCCO4)CC3)CC2=O)c(C)c1. The molecule has 2 aliphatic heterocycles. The van der Waals surface area contributed by atoms with E-state index in [2.05, 4.69) is 11.8 Å². The summed E-state index contributed by atoms with van der Waals surface area (Å²) in [6, 6.07) is 3.94. The van der Waals surface area contributed by atoms with Gasteiger partial charge in [-0.25, -0.2) is 0 Å². The third-order valence-electron chi connectivity index (χ3n) is 7.24. The molecule has 1 saturated carbocycles. The minimum atomic E-state index is -0.666. The lowest BCUT2D eigenvalue weighted by atomic mass is 9.62. The number of likely N-dealkylation sites (tertiary alicyclic amines) is 1. The number of hydrogen-bond acceptors (Lipinski definition) is 4. The van der Waals surface area contributed by atoms with E-state index in [4.69, 9.17) is 4.74 Å². The number of amides is 1. The first-order chi connectivity index (χ1) is 14.8. The van der Waals surface area contributed by atoms with Gasteiger partial charge in [-0.05, 0) is 80.7 Å². The lowest BCUT2D eigenvalue weighted by Crippen LogP contribution is -2.50. The van der Waals surface area contributed by atoms with Crippen molar-refractivity contribution in [3.05, 3.63) is 34.4 Å². The largest absolute Gasteiger partial charge is 0.368 e. The van der Waals surface area contributed by atoms with Crippen LogP contribution in [0.2, 0.25) is 0 Å². The summed E-state index contributed by atoms with van der Waals surface area (Å²) in [6.07, 6.45) is 3.67. The van der Waals surface area contributed by atoms with Gasteiger partial charge in [0, 0.05) is 38.1 Å². The van der Waals surface area contributed by atoms with Crippen LogP contribution in [0, 0.1) is 31.1 Å². The number of ether oxygens (including phenoxy) is 1. The zero-order chi connectivity index (χ0) is 22.2. The number of aryl methyl sites for hydroxylation is 2. The predicted molar refractivity (Wildman–Crippen MR) is 118 cm³/mol. The zero-order valence-electron chi connectivity index (χ0n) is 18.8. The third kappa shape index (κ3) is 4.19. The van der Waals surface area contributed by atoms with Gasteiger partial charge in [-0.3, -0.25) is 14.4 Å². The van der Waals surface area contributed by atoms with E-state index in [9.17, 15) is 14.4 Å². The van der Waals surface area contributed by atoms with Gasteiger partial charge in [0.2, 0.25) is 0 Å². The molecule has 0 bridgehead atoms. The Bertz CT molecular complexity index is 926. The molecule has 1 amide bonds. The monoisotopic (exact) mass is 421 g/mol. The first-order valence-electron chi connectivity index (χ1n) is 11.3. The van der Waals surface area contributed by atoms with Crippen molar-refractivity contribution in [2.24, 2.45) is 5.41 Å². The Kier molecular flexibility index (Phi) is 6.03. The Morgan fingerprint density at radius 2 is 1.71 bits per heavy atom. The molecule has 4 rings (SSSR count). The molecule has 3 fully saturated rings. The summed E-state index contributed by atoms with van der Waals surface area (Å²) in [6.45, 7) is 7.58. The van der Waals surface area contributed by atoms with Gasteiger partial charge in [-0.1, -0.05) is 5.92 Å². The summed E-state index contributed by atoms with van der Waals surface area (Å²) < 4.78 is 5.54. The molecule has 0 radical (unpaired) electrons. The van der Waals surface area contributed by atoms with Crippen LogP contribution >= 0.6 is 0 Å². The quantitative estimate of drug-likeness (QED) is 0.542. The summed E-state index contributed by atoms with van der Waals surface area (Å²) in [4.78, 5) is 41.0. The summed E-state index contributed by atoms with van der Waals surface area (Å²) in [5.41, 5.74) is 3.39. The van der Waals surface area contributed by atoms with Crippen molar-refractivity contribution in [1.29, 1.82) is 0 Å². The Morgan fingerprint density at radius 1 is 1.10 bits per heavy atom. The van der Waals surface area contributed by atoms with E-state index in [0.29, 0.717) is 45.4 Å². The average molecular weight is 422 g/mol. The van der Waals surface area contributed by atoms with Crippen LogP contribution in [0.4, 0.5) is 0 Å². The maximum absolute atomic E-state index is 13.3. The summed E-state index contributed by atoms with van der Waals surface area (Å²) in [7, 11) is 0. The van der Waals surface area contributed by atoms with Crippen LogP contribution in [-0.2, 0) is 19.1 Å². The smallest absolute Gasteiger partial charge is 0.251 e. The van der Waals surface area contributed by atoms with Crippen molar-refractivity contribution in [2.75, 3.05) is 19.7 Å². The van der Waals surface area contributed by atoms with Gasteiger partial charge >= 0.3 is 0 Å². The van der Waals surface area contributed by atoms with Crippen LogP contribution in [0.3, 0.4) is 0 Å². The highest BCUT2D eigenvalue weighted by Gasteiger charge is 2.48. The van der Waals surface area contributed by atoms with Gasteiger partial charge in [0.15, 0.2) is 0 Å². The van der Waals surface area contributed by atoms with Gasteiger partial charge in [0.1, 0.15) is 23.6 Å². The highest BCUT2D eigenvalue weighted by molar-refractivity contribution is 6.10. The Labute approximate surface area is 184 Å². The molecule has 1 atom stereocenters. The summed E-state index contributed by atoms with van der Waals surface area (Å²) in [5.74, 6) is 5.42. The predicted octanol–water partition coefficient (Wildman–Crippen LogP) is 3.48. The molecule has 1 unspecified atom stereocenters. The lowest BCUT2D eigenvalue weighted by Gasteiger charge is -2.45. The van der Waals surface area contributed by atoms with E-state index in [1.165, 1.54) is 0 Å². The second kappa shape index (κ2) is 8.59. The van der Waals surface area contributed by atoms with Gasteiger partial charge in [0.25, 0.3) is 5.91 Å². The number of carbonyl (C=O) groups excluding carboxylic acids is 3. The molecule has 2 heterocycles. The number of Topliss-reactive ketones (excluding diaryl/α,β-unsaturated/α-hetero) is 2. The Hall–Kier alpha value is -2.45. The molecule has 3 aliphatic rings. The fraction of sp³-hybridized carbons (Fsp3) is 0.577. The molecule has 1 aliphatic carbocycles. The second-order valence-electron chi connectivity index (χ2n) is 9.44. The standard InChI is InChI=1S/C26H31NO4/c1-4-6-19-13-17(2)23(18(3)14-19)24-20(28)15-26(16-21(24)29)8-10-27(11-9-26)25(30)22-7-5-12-31-22/h13-14,22,24H,5,7-12,15-16H2,1-3H3. The van der Waals surface area contributed by atoms with Crippen LogP contribution in [-0.4, -0.2) is 48.2 Å². The van der Waals surface area contributed by atoms with Crippen molar-refractivity contribution in [1.82, 2.24) is 4.90 Å². The minimum Gasteiger partial charge on any atom is -0.368 e. The molecule has 164 valence electrons. The molecule has 1 spiro atoms. The van der Waals surface area contributed by atoms with Crippen molar-refractivity contribution >= 4 is 17.5 Å². The second-order valence-corrected chi connectivity index (χ2v) is 9.44. The van der Waals surface area contributed by atoms with Crippen LogP contribution in [0.25, 0.3) is 0 Å². The molecule has 1 aromatic rings. The lowest BCUT2D eigenvalue weighted by molar-refractivity contribution is -0.145. The van der Waals surface area contributed by atoms with Crippen molar-refractivity contribution in [2.45, 2.75) is 71.3 Å².